The topological polar surface area (TPSA) is 40.6 Å². The Bertz CT molecular complexity index is 602. The van der Waals surface area contributed by atoms with Crippen molar-refractivity contribution in [2.45, 2.75) is 45.2 Å². The number of anilines is 1. The van der Waals surface area contributed by atoms with Crippen LogP contribution in [0.3, 0.4) is 0 Å². The van der Waals surface area contributed by atoms with Gasteiger partial charge in [-0.1, -0.05) is 0 Å². The molecule has 3 rings (SSSR count). The zero-order valence-corrected chi connectivity index (χ0v) is 12.3. The van der Waals surface area contributed by atoms with Crippen LogP contribution in [0.5, 0.6) is 0 Å². The highest BCUT2D eigenvalue weighted by Gasteiger charge is 2.45. The van der Waals surface area contributed by atoms with Crippen LogP contribution in [0, 0.1) is 12.7 Å². The summed E-state index contributed by atoms with van der Waals surface area (Å²) in [6.45, 7) is 4.06. The Hall–Kier alpha value is -1.91. The van der Waals surface area contributed by atoms with Crippen LogP contribution in [0.15, 0.2) is 18.2 Å². The summed E-state index contributed by atoms with van der Waals surface area (Å²) in [5, 5.41) is 0. The number of piperazine rings is 1. The van der Waals surface area contributed by atoms with Gasteiger partial charge in [0.15, 0.2) is 0 Å². The number of amides is 2. The second kappa shape index (κ2) is 5.13. The molecule has 2 fully saturated rings. The third-order valence-electron chi connectivity index (χ3n) is 4.47. The van der Waals surface area contributed by atoms with Gasteiger partial charge in [-0.3, -0.25) is 14.5 Å². The van der Waals surface area contributed by atoms with Crippen molar-refractivity contribution in [1.29, 1.82) is 0 Å². The second-order valence-corrected chi connectivity index (χ2v) is 5.86. The molecule has 1 aromatic carbocycles. The molecule has 1 aromatic rings. The molecule has 2 heterocycles. The fourth-order valence-electron chi connectivity index (χ4n) is 3.28. The van der Waals surface area contributed by atoms with Crippen LogP contribution in [-0.2, 0) is 9.59 Å². The third-order valence-corrected chi connectivity index (χ3v) is 4.47. The smallest absolute Gasteiger partial charge is 0.250 e. The van der Waals surface area contributed by atoms with Gasteiger partial charge in [0.05, 0.1) is 0 Å². The molecular formula is C16H19FN2O2. The number of carbonyl (C=O) groups excluding carboxylic acids is 2. The number of hydrogen-bond donors (Lipinski definition) is 0. The summed E-state index contributed by atoms with van der Waals surface area (Å²) < 4.78 is 13.4. The van der Waals surface area contributed by atoms with Gasteiger partial charge in [0, 0.05) is 12.2 Å². The predicted octanol–water partition coefficient (Wildman–Crippen LogP) is 2.25. The Kier molecular flexibility index (Phi) is 3.43. The number of nitrogens with zero attached hydrogens (tertiary/aromatic N) is 2. The maximum Gasteiger partial charge on any atom is 0.250 e. The van der Waals surface area contributed by atoms with Gasteiger partial charge < -0.3 is 4.90 Å². The zero-order valence-electron chi connectivity index (χ0n) is 12.3. The SMILES string of the molecule is Cc1cc(N2C(=O)C3CCCCN3C(=O)C2C)ccc1F. The summed E-state index contributed by atoms with van der Waals surface area (Å²) in [6.07, 6.45) is 2.64. The Labute approximate surface area is 123 Å². The van der Waals surface area contributed by atoms with Gasteiger partial charge in [0.1, 0.15) is 17.9 Å². The lowest BCUT2D eigenvalue weighted by Crippen LogP contribution is -2.65. The molecule has 2 atom stereocenters. The molecule has 112 valence electrons. The van der Waals surface area contributed by atoms with Gasteiger partial charge in [-0.05, 0) is 56.9 Å². The Morgan fingerprint density at radius 2 is 1.95 bits per heavy atom. The molecule has 2 unspecified atom stereocenters. The first-order chi connectivity index (χ1) is 10.0. The largest absolute Gasteiger partial charge is 0.329 e. The first-order valence-corrected chi connectivity index (χ1v) is 7.40. The van der Waals surface area contributed by atoms with Gasteiger partial charge in [0.2, 0.25) is 5.91 Å². The van der Waals surface area contributed by atoms with Gasteiger partial charge in [-0.2, -0.15) is 0 Å². The number of rotatable bonds is 1. The maximum absolute atomic E-state index is 13.4. The van der Waals surface area contributed by atoms with E-state index in [9.17, 15) is 14.0 Å². The highest BCUT2D eigenvalue weighted by molar-refractivity contribution is 6.08. The molecule has 0 N–H and O–H groups in total. The molecular weight excluding hydrogens is 271 g/mol. The van der Waals surface area contributed by atoms with E-state index in [2.05, 4.69) is 0 Å². The average molecular weight is 290 g/mol. The Balaban J connectivity index is 1.99. The van der Waals surface area contributed by atoms with E-state index in [1.54, 1.807) is 30.9 Å². The molecule has 2 aliphatic rings. The number of benzene rings is 1. The minimum atomic E-state index is -0.531. The maximum atomic E-state index is 13.4. The van der Waals surface area contributed by atoms with Crippen molar-refractivity contribution in [2.24, 2.45) is 0 Å². The molecule has 0 aromatic heterocycles. The van der Waals surface area contributed by atoms with Gasteiger partial charge in [-0.15, -0.1) is 0 Å². The third kappa shape index (κ3) is 2.20. The predicted molar refractivity (Wildman–Crippen MR) is 77.4 cm³/mol. The number of carbonyl (C=O) groups is 2. The lowest BCUT2D eigenvalue weighted by atomic mass is 9.95. The van der Waals surface area contributed by atoms with Crippen LogP contribution >= 0.6 is 0 Å². The van der Waals surface area contributed by atoms with E-state index in [0.29, 0.717) is 24.2 Å². The quantitative estimate of drug-likeness (QED) is 0.796. The van der Waals surface area contributed by atoms with Crippen LogP contribution < -0.4 is 4.90 Å². The Morgan fingerprint density at radius 1 is 1.19 bits per heavy atom. The second-order valence-electron chi connectivity index (χ2n) is 5.86. The standard InChI is InChI=1S/C16H19FN2O2/c1-10-9-12(6-7-13(10)17)19-11(2)15(20)18-8-4-3-5-14(18)16(19)21/h6-7,9,11,14H,3-5,8H2,1-2H3. The number of aryl methyl sites for hydroxylation is 1. The van der Waals surface area contributed by atoms with Crippen LogP contribution in [0.25, 0.3) is 0 Å². The summed E-state index contributed by atoms with van der Waals surface area (Å²) in [5.74, 6) is -0.365. The Morgan fingerprint density at radius 3 is 2.67 bits per heavy atom. The van der Waals surface area contributed by atoms with E-state index < -0.39 is 6.04 Å². The van der Waals surface area contributed by atoms with E-state index in [0.717, 1.165) is 12.8 Å². The number of hydrogen-bond acceptors (Lipinski definition) is 2. The number of fused-ring (bicyclic) bond motifs is 1. The van der Waals surface area contributed by atoms with Gasteiger partial charge in [0.25, 0.3) is 5.91 Å². The number of piperidine rings is 1. The lowest BCUT2D eigenvalue weighted by Gasteiger charge is -2.46. The van der Waals surface area contributed by atoms with E-state index in [-0.39, 0.29) is 23.7 Å². The molecule has 21 heavy (non-hydrogen) atoms. The summed E-state index contributed by atoms with van der Waals surface area (Å²) in [4.78, 5) is 28.5. The molecule has 2 saturated heterocycles. The summed E-state index contributed by atoms with van der Waals surface area (Å²) in [7, 11) is 0. The fraction of sp³-hybridized carbons (Fsp3) is 0.500. The first-order valence-electron chi connectivity index (χ1n) is 7.40. The molecule has 4 nitrogen and oxygen atoms in total. The molecule has 2 amide bonds. The van der Waals surface area contributed by atoms with E-state index in [4.69, 9.17) is 0 Å². The van der Waals surface area contributed by atoms with Gasteiger partial charge >= 0.3 is 0 Å². The van der Waals surface area contributed by atoms with Crippen molar-refractivity contribution in [2.75, 3.05) is 11.4 Å². The van der Waals surface area contributed by atoms with E-state index in [1.807, 2.05) is 0 Å². The molecule has 0 aliphatic carbocycles. The minimum Gasteiger partial charge on any atom is -0.329 e. The summed E-state index contributed by atoms with van der Waals surface area (Å²) in [5.41, 5.74) is 1.08. The monoisotopic (exact) mass is 290 g/mol. The van der Waals surface area contributed by atoms with Gasteiger partial charge in [-0.25, -0.2) is 4.39 Å². The molecule has 0 bridgehead atoms. The summed E-state index contributed by atoms with van der Waals surface area (Å²) >= 11 is 0. The molecule has 0 saturated carbocycles. The normalized spacial score (nSPS) is 26.0. The van der Waals surface area contributed by atoms with E-state index in [1.165, 1.54) is 11.0 Å². The lowest BCUT2D eigenvalue weighted by molar-refractivity contribution is -0.147. The van der Waals surface area contributed by atoms with Crippen molar-refractivity contribution in [3.8, 4) is 0 Å². The highest BCUT2D eigenvalue weighted by Crippen LogP contribution is 2.30. The van der Waals surface area contributed by atoms with E-state index >= 15 is 0 Å². The van der Waals surface area contributed by atoms with Crippen molar-refractivity contribution in [1.82, 2.24) is 4.90 Å². The van der Waals surface area contributed by atoms with Crippen molar-refractivity contribution < 1.29 is 14.0 Å². The van der Waals surface area contributed by atoms with Crippen molar-refractivity contribution in [3.05, 3.63) is 29.6 Å². The molecule has 5 heteroatoms. The van der Waals surface area contributed by atoms with Crippen LogP contribution in [-0.4, -0.2) is 35.3 Å². The molecule has 0 radical (unpaired) electrons. The van der Waals surface area contributed by atoms with Crippen LogP contribution in [0.4, 0.5) is 10.1 Å². The molecule has 0 spiro atoms. The summed E-state index contributed by atoms with van der Waals surface area (Å²) in [6, 6.07) is 3.67. The highest BCUT2D eigenvalue weighted by atomic mass is 19.1. The zero-order chi connectivity index (χ0) is 15.1. The number of halogens is 1. The van der Waals surface area contributed by atoms with Crippen LogP contribution in [0.1, 0.15) is 31.7 Å². The van der Waals surface area contributed by atoms with Crippen LogP contribution in [0.2, 0.25) is 0 Å². The first kappa shape index (κ1) is 14.0. The average Bonchev–Trinajstić information content (AvgIpc) is 2.49. The molecule has 2 aliphatic heterocycles. The fourth-order valence-corrected chi connectivity index (χ4v) is 3.28. The van der Waals surface area contributed by atoms with Crippen molar-refractivity contribution >= 4 is 17.5 Å². The van der Waals surface area contributed by atoms with Crippen molar-refractivity contribution in [3.63, 3.8) is 0 Å². The minimum absolute atomic E-state index is 0.0127.